The molecule has 200 valence electrons. The van der Waals surface area contributed by atoms with E-state index in [4.69, 9.17) is 0 Å². The Kier molecular flexibility index (Phi) is 8.39. The Balaban J connectivity index is 1.32. The van der Waals surface area contributed by atoms with Crippen molar-refractivity contribution >= 4 is 11.8 Å². The van der Waals surface area contributed by atoms with Crippen LogP contribution in [0.1, 0.15) is 64.0 Å². The molecule has 2 heterocycles. The van der Waals surface area contributed by atoms with E-state index in [9.17, 15) is 14.7 Å². The van der Waals surface area contributed by atoms with Crippen molar-refractivity contribution in [3.8, 4) is 0 Å². The van der Waals surface area contributed by atoms with E-state index in [-0.39, 0.29) is 11.3 Å². The lowest BCUT2D eigenvalue weighted by Gasteiger charge is -2.39. The molecule has 0 aliphatic carbocycles. The summed E-state index contributed by atoms with van der Waals surface area (Å²) in [4.78, 5) is 30.1. The average Bonchev–Trinajstić information content (AvgIpc) is 3.18. The summed E-state index contributed by atoms with van der Waals surface area (Å²) in [5, 5.41) is 14.7. The quantitative estimate of drug-likeness (QED) is 0.532. The minimum Gasteiger partial charge on any atom is -0.385 e. The molecule has 0 bridgehead atoms. The summed E-state index contributed by atoms with van der Waals surface area (Å²) < 4.78 is 0. The van der Waals surface area contributed by atoms with Gasteiger partial charge in [0, 0.05) is 31.6 Å². The van der Waals surface area contributed by atoms with Gasteiger partial charge in [-0.15, -0.1) is 0 Å². The maximum absolute atomic E-state index is 13.4. The molecule has 2 aromatic rings. The van der Waals surface area contributed by atoms with E-state index >= 15 is 0 Å². The molecule has 0 aromatic heterocycles. The van der Waals surface area contributed by atoms with E-state index in [2.05, 4.69) is 22.3 Å². The maximum atomic E-state index is 13.4. The second-order valence-electron chi connectivity index (χ2n) is 12.0. The average molecular weight is 506 g/mol. The number of likely N-dealkylation sites (tertiary alicyclic amines) is 2. The molecule has 2 fully saturated rings. The summed E-state index contributed by atoms with van der Waals surface area (Å²) in [5.74, 6) is 0.304. The Hall–Kier alpha value is -2.70. The summed E-state index contributed by atoms with van der Waals surface area (Å²) >= 11 is 0. The lowest BCUT2D eigenvalue weighted by atomic mass is 9.77. The van der Waals surface area contributed by atoms with Crippen molar-refractivity contribution in [2.24, 2.45) is 10.8 Å². The van der Waals surface area contributed by atoms with E-state index in [1.807, 2.05) is 74.2 Å². The minimum atomic E-state index is -1.02. The Morgan fingerprint density at radius 3 is 2.14 bits per heavy atom. The van der Waals surface area contributed by atoms with Crippen LogP contribution in [0.15, 0.2) is 60.7 Å². The summed E-state index contributed by atoms with van der Waals surface area (Å²) in [6, 6.07) is 20.0. The largest absolute Gasteiger partial charge is 0.385 e. The Morgan fingerprint density at radius 2 is 1.51 bits per heavy atom. The second-order valence-corrected chi connectivity index (χ2v) is 12.0. The van der Waals surface area contributed by atoms with E-state index in [1.54, 1.807) is 0 Å². The third-order valence-electron chi connectivity index (χ3n) is 8.29. The van der Waals surface area contributed by atoms with Gasteiger partial charge in [0.05, 0.1) is 11.0 Å². The molecule has 2 amide bonds. The number of aliphatic hydroxyl groups is 1. The molecule has 37 heavy (non-hydrogen) atoms. The van der Waals surface area contributed by atoms with E-state index < -0.39 is 11.0 Å². The van der Waals surface area contributed by atoms with Crippen LogP contribution in [0.3, 0.4) is 0 Å². The van der Waals surface area contributed by atoms with Gasteiger partial charge in [0.1, 0.15) is 0 Å². The number of rotatable bonds is 9. The number of amides is 2. The molecule has 1 spiro atoms. The molecular formula is C31H43N3O3. The molecule has 2 saturated heterocycles. The zero-order valence-electron chi connectivity index (χ0n) is 22.7. The van der Waals surface area contributed by atoms with Crippen LogP contribution in [-0.2, 0) is 21.7 Å². The molecule has 0 radical (unpaired) electrons. The van der Waals surface area contributed by atoms with Crippen LogP contribution in [0.4, 0.5) is 0 Å². The van der Waals surface area contributed by atoms with E-state index in [1.165, 1.54) is 5.56 Å². The van der Waals surface area contributed by atoms with Crippen molar-refractivity contribution in [2.45, 2.75) is 65.0 Å². The fourth-order valence-electron chi connectivity index (χ4n) is 5.67. The molecule has 4 rings (SSSR count). The second kappa shape index (κ2) is 11.4. The molecule has 0 saturated carbocycles. The summed E-state index contributed by atoms with van der Waals surface area (Å²) in [6.45, 7) is 10.1. The normalized spacial score (nSPS) is 19.7. The maximum Gasteiger partial charge on any atom is 0.229 e. The minimum absolute atomic E-state index is 0.00761. The zero-order chi connectivity index (χ0) is 26.5. The van der Waals surface area contributed by atoms with E-state index in [0.29, 0.717) is 31.8 Å². The SMILES string of the molecule is CC(C)(C)C(=O)NCCC(O)(CCN1CCC2(CC1)CCN(Cc1ccccc1)C2=O)c1ccccc1. The Labute approximate surface area is 222 Å². The molecule has 2 aliphatic rings. The van der Waals surface area contributed by atoms with Gasteiger partial charge in [-0.2, -0.15) is 0 Å². The van der Waals surface area contributed by atoms with Crippen LogP contribution in [0.25, 0.3) is 0 Å². The highest BCUT2D eigenvalue weighted by Crippen LogP contribution is 2.42. The van der Waals surface area contributed by atoms with Crippen LogP contribution in [0.2, 0.25) is 0 Å². The third-order valence-corrected chi connectivity index (χ3v) is 8.29. The summed E-state index contributed by atoms with van der Waals surface area (Å²) in [7, 11) is 0. The van der Waals surface area contributed by atoms with E-state index in [0.717, 1.165) is 51.0 Å². The molecule has 2 N–H and O–H groups in total. The number of nitrogens with zero attached hydrogens (tertiary/aromatic N) is 2. The van der Waals surface area contributed by atoms with Crippen molar-refractivity contribution < 1.29 is 14.7 Å². The number of carbonyl (C=O) groups excluding carboxylic acids is 2. The van der Waals surface area contributed by atoms with Crippen LogP contribution in [0, 0.1) is 10.8 Å². The van der Waals surface area contributed by atoms with Gasteiger partial charge in [-0.1, -0.05) is 81.4 Å². The molecule has 6 heteroatoms. The fourth-order valence-corrected chi connectivity index (χ4v) is 5.67. The van der Waals surface area contributed by atoms with Gasteiger partial charge < -0.3 is 20.2 Å². The van der Waals surface area contributed by atoms with Crippen molar-refractivity contribution in [1.82, 2.24) is 15.1 Å². The van der Waals surface area contributed by atoms with Crippen molar-refractivity contribution in [3.63, 3.8) is 0 Å². The van der Waals surface area contributed by atoms with Crippen LogP contribution in [-0.4, -0.2) is 59.4 Å². The van der Waals surface area contributed by atoms with Gasteiger partial charge in [0.2, 0.25) is 11.8 Å². The predicted molar refractivity (Wildman–Crippen MR) is 147 cm³/mol. The molecular weight excluding hydrogens is 462 g/mol. The fraction of sp³-hybridized carbons (Fsp3) is 0.548. The van der Waals surface area contributed by atoms with Crippen molar-refractivity contribution in [1.29, 1.82) is 0 Å². The van der Waals surface area contributed by atoms with Crippen LogP contribution in [0.5, 0.6) is 0 Å². The molecule has 2 aliphatic heterocycles. The number of hydrogen-bond acceptors (Lipinski definition) is 4. The van der Waals surface area contributed by atoms with Crippen LogP contribution < -0.4 is 5.32 Å². The number of benzene rings is 2. The van der Waals surface area contributed by atoms with Gasteiger partial charge in [-0.05, 0) is 56.3 Å². The zero-order valence-corrected chi connectivity index (χ0v) is 22.7. The van der Waals surface area contributed by atoms with Crippen LogP contribution >= 0.6 is 0 Å². The molecule has 1 unspecified atom stereocenters. The van der Waals surface area contributed by atoms with Gasteiger partial charge >= 0.3 is 0 Å². The molecule has 6 nitrogen and oxygen atoms in total. The highest BCUT2D eigenvalue weighted by Gasteiger charge is 2.48. The molecule has 1 atom stereocenters. The lowest BCUT2D eigenvalue weighted by Crippen LogP contribution is -2.46. The van der Waals surface area contributed by atoms with Gasteiger partial charge in [-0.25, -0.2) is 0 Å². The van der Waals surface area contributed by atoms with Gasteiger partial charge in [-0.3, -0.25) is 9.59 Å². The molecule has 2 aromatic carbocycles. The first kappa shape index (κ1) is 27.3. The Morgan fingerprint density at radius 1 is 0.919 bits per heavy atom. The smallest absolute Gasteiger partial charge is 0.229 e. The first-order valence-electron chi connectivity index (χ1n) is 13.7. The van der Waals surface area contributed by atoms with Crippen molar-refractivity contribution in [2.75, 3.05) is 32.7 Å². The third kappa shape index (κ3) is 6.60. The first-order chi connectivity index (χ1) is 17.6. The van der Waals surface area contributed by atoms with Gasteiger partial charge in [0.25, 0.3) is 0 Å². The highest BCUT2D eigenvalue weighted by molar-refractivity contribution is 5.85. The summed E-state index contributed by atoms with van der Waals surface area (Å²) in [6.07, 6.45) is 3.74. The number of piperidine rings is 1. The first-order valence-corrected chi connectivity index (χ1v) is 13.7. The lowest BCUT2D eigenvalue weighted by molar-refractivity contribution is -0.139. The topological polar surface area (TPSA) is 72.9 Å². The highest BCUT2D eigenvalue weighted by atomic mass is 16.3. The van der Waals surface area contributed by atoms with Gasteiger partial charge in [0.15, 0.2) is 0 Å². The monoisotopic (exact) mass is 505 g/mol. The number of hydrogen-bond donors (Lipinski definition) is 2. The Bertz CT molecular complexity index is 1040. The number of carbonyl (C=O) groups is 2. The summed E-state index contributed by atoms with van der Waals surface area (Å²) in [5.41, 5.74) is 0.374. The predicted octanol–water partition coefficient (Wildman–Crippen LogP) is 4.33. The number of nitrogens with one attached hydrogen (secondary N) is 1. The standard InChI is InChI=1S/C31H43N3O3/c1-29(2,3)27(35)32-19-14-31(37,26-12-8-5-9-13-26)18-22-33-20-15-30(16-21-33)17-23-34(28(30)36)24-25-10-6-4-7-11-25/h4-13,37H,14-24H2,1-3H3,(H,32,35). The van der Waals surface area contributed by atoms with Crippen molar-refractivity contribution in [3.05, 3.63) is 71.8 Å².